The predicted octanol–water partition coefficient (Wildman–Crippen LogP) is 2.24. The predicted molar refractivity (Wildman–Crippen MR) is 87.9 cm³/mol. The van der Waals surface area contributed by atoms with E-state index >= 15 is 0 Å². The van der Waals surface area contributed by atoms with Crippen LogP contribution in [0.1, 0.15) is 64.7 Å². The van der Waals surface area contributed by atoms with E-state index in [9.17, 15) is 9.59 Å². The molecule has 1 saturated heterocycles. The van der Waals surface area contributed by atoms with E-state index in [-0.39, 0.29) is 17.9 Å². The first-order chi connectivity index (χ1) is 11.2. The van der Waals surface area contributed by atoms with Gasteiger partial charge < -0.3 is 10.1 Å². The second-order valence-electron chi connectivity index (χ2n) is 7.40. The first kappa shape index (κ1) is 16.7. The molecular weight excluding hydrogens is 292 g/mol. The summed E-state index contributed by atoms with van der Waals surface area (Å²) in [5, 5.41) is 3.15. The van der Waals surface area contributed by atoms with Crippen LogP contribution in [0.5, 0.6) is 0 Å². The van der Waals surface area contributed by atoms with Gasteiger partial charge in [0, 0.05) is 18.6 Å². The maximum Gasteiger partial charge on any atom is 0.321 e. The van der Waals surface area contributed by atoms with Crippen molar-refractivity contribution in [1.82, 2.24) is 10.2 Å². The van der Waals surface area contributed by atoms with E-state index in [0.29, 0.717) is 25.5 Å². The van der Waals surface area contributed by atoms with Crippen molar-refractivity contribution in [1.29, 1.82) is 0 Å². The molecule has 0 unspecified atom stereocenters. The molecule has 1 amide bonds. The van der Waals surface area contributed by atoms with Gasteiger partial charge in [-0.1, -0.05) is 19.3 Å². The zero-order chi connectivity index (χ0) is 16.3. The van der Waals surface area contributed by atoms with E-state index < -0.39 is 5.41 Å². The Hall–Kier alpha value is -1.10. The van der Waals surface area contributed by atoms with Crippen LogP contribution < -0.4 is 5.32 Å². The Morgan fingerprint density at radius 3 is 2.52 bits per heavy atom. The maximum absolute atomic E-state index is 12.6. The molecule has 5 heteroatoms. The van der Waals surface area contributed by atoms with Gasteiger partial charge in [0.05, 0.1) is 6.61 Å². The molecule has 2 aliphatic carbocycles. The lowest BCUT2D eigenvalue weighted by Crippen LogP contribution is -2.53. The number of amides is 1. The molecule has 23 heavy (non-hydrogen) atoms. The van der Waals surface area contributed by atoms with E-state index in [2.05, 4.69) is 10.2 Å². The van der Waals surface area contributed by atoms with Gasteiger partial charge in [0.2, 0.25) is 5.91 Å². The first-order valence-electron chi connectivity index (χ1n) is 9.38. The number of carbonyl (C=O) groups is 2. The molecule has 0 spiro atoms. The largest absolute Gasteiger partial charge is 0.465 e. The van der Waals surface area contributed by atoms with Crippen molar-refractivity contribution in [3.8, 4) is 0 Å². The van der Waals surface area contributed by atoms with Crippen molar-refractivity contribution in [2.24, 2.45) is 5.41 Å². The Morgan fingerprint density at radius 1 is 1.13 bits per heavy atom. The molecule has 0 aromatic rings. The minimum Gasteiger partial charge on any atom is -0.465 e. The van der Waals surface area contributed by atoms with Crippen LogP contribution in [-0.2, 0) is 14.3 Å². The Kier molecular flexibility index (Phi) is 5.24. The van der Waals surface area contributed by atoms with Crippen LogP contribution in [0.15, 0.2) is 0 Å². The summed E-state index contributed by atoms with van der Waals surface area (Å²) >= 11 is 0. The summed E-state index contributed by atoms with van der Waals surface area (Å²) in [4.78, 5) is 27.2. The summed E-state index contributed by atoms with van der Waals surface area (Å²) in [5.41, 5.74) is -0.872. The van der Waals surface area contributed by atoms with Gasteiger partial charge in [0.1, 0.15) is 5.41 Å². The number of nitrogens with zero attached hydrogens (tertiary/aromatic N) is 1. The average Bonchev–Trinajstić information content (AvgIpc) is 3.38. The number of rotatable bonds is 5. The fourth-order valence-electron chi connectivity index (χ4n) is 4.14. The van der Waals surface area contributed by atoms with Gasteiger partial charge >= 0.3 is 5.97 Å². The fourth-order valence-corrected chi connectivity index (χ4v) is 4.14. The van der Waals surface area contributed by atoms with Crippen LogP contribution in [0.3, 0.4) is 0 Å². The zero-order valence-corrected chi connectivity index (χ0v) is 14.3. The highest BCUT2D eigenvalue weighted by Gasteiger charge is 2.58. The number of carbonyl (C=O) groups excluding carboxylic acids is 2. The number of hydrogen-bond donors (Lipinski definition) is 1. The normalized spacial score (nSPS) is 28.1. The minimum atomic E-state index is -0.872. The van der Waals surface area contributed by atoms with Crippen molar-refractivity contribution in [2.45, 2.75) is 76.8 Å². The van der Waals surface area contributed by atoms with Crippen LogP contribution in [0.4, 0.5) is 0 Å². The lowest BCUT2D eigenvalue weighted by molar-refractivity contribution is -0.154. The third kappa shape index (κ3) is 3.70. The lowest BCUT2D eigenvalue weighted by atomic mass is 9.92. The van der Waals surface area contributed by atoms with Crippen molar-refractivity contribution in [3.05, 3.63) is 0 Å². The number of ether oxygens (including phenoxy) is 1. The van der Waals surface area contributed by atoms with Crippen molar-refractivity contribution < 1.29 is 14.3 Å². The van der Waals surface area contributed by atoms with Crippen LogP contribution in [0.25, 0.3) is 0 Å². The molecule has 5 nitrogen and oxygen atoms in total. The average molecular weight is 322 g/mol. The fraction of sp³-hybridized carbons (Fsp3) is 0.889. The molecule has 1 atom stereocenters. The van der Waals surface area contributed by atoms with Gasteiger partial charge in [-0.25, -0.2) is 0 Å². The van der Waals surface area contributed by atoms with E-state index in [1.165, 1.54) is 32.1 Å². The van der Waals surface area contributed by atoms with Crippen molar-refractivity contribution >= 4 is 11.9 Å². The summed E-state index contributed by atoms with van der Waals surface area (Å²) in [6.45, 7) is 4.22. The summed E-state index contributed by atoms with van der Waals surface area (Å²) < 4.78 is 5.09. The van der Waals surface area contributed by atoms with E-state index in [1.807, 2.05) is 0 Å². The lowest BCUT2D eigenvalue weighted by Gasteiger charge is -2.40. The molecule has 2 saturated carbocycles. The second kappa shape index (κ2) is 7.20. The highest BCUT2D eigenvalue weighted by molar-refractivity contribution is 6.05. The van der Waals surface area contributed by atoms with Gasteiger partial charge in [-0.05, 0) is 52.0 Å². The summed E-state index contributed by atoms with van der Waals surface area (Å²) in [5.74, 6) is -0.441. The smallest absolute Gasteiger partial charge is 0.321 e. The van der Waals surface area contributed by atoms with Gasteiger partial charge in [0.15, 0.2) is 0 Å². The summed E-state index contributed by atoms with van der Waals surface area (Å²) in [6, 6.07) is 0.883. The first-order valence-corrected chi connectivity index (χ1v) is 9.38. The number of piperidine rings is 1. The Bertz CT molecular complexity index is 442. The molecule has 130 valence electrons. The van der Waals surface area contributed by atoms with Crippen molar-refractivity contribution in [3.63, 3.8) is 0 Å². The zero-order valence-electron chi connectivity index (χ0n) is 14.3. The number of nitrogens with one attached hydrogen (secondary N) is 1. The van der Waals surface area contributed by atoms with Crippen molar-refractivity contribution in [2.75, 3.05) is 19.7 Å². The third-order valence-corrected chi connectivity index (χ3v) is 5.73. The summed E-state index contributed by atoms with van der Waals surface area (Å²) in [7, 11) is 0. The number of hydrogen-bond acceptors (Lipinski definition) is 4. The molecule has 3 aliphatic rings. The second-order valence-corrected chi connectivity index (χ2v) is 7.40. The Labute approximate surface area is 139 Å². The summed E-state index contributed by atoms with van der Waals surface area (Å²) in [6.07, 6.45) is 10.1. The Morgan fingerprint density at radius 2 is 1.87 bits per heavy atom. The van der Waals surface area contributed by atoms with Gasteiger partial charge in [-0.2, -0.15) is 0 Å². The van der Waals surface area contributed by atoms with Gasteiger partial charge in [0.25, 0.3) is 0 Å². The highest BCUT2D eigenvalue weighted by Crippen LogP contribution is 2.47. The minimum absolute atomic E-state index is 0.105. The van der Waals surface area contributed by atoms with Crippen LogP contribution >= 0.6 is 0 Å². The topological polar surface area (TPSA) is 58.6 Å². The van der Waals surface area contributed by atoms with Gasteiger partial charge in [-0.3, -0.25) is 14.5 Å². The number of esters is 1. The standard InChI is InChI=1S/C18H30N2O3/c1-2-23-17(22)18(10-11-18)16(21)19-14-7-6-12-20(13-14)15-8-4-3-5-9-15/h14-15H,2-13H2,1H3,(H,19,21)/t14-/m1/s1. The molecular formula is C18H30N2O3. The van der Waals surface area contributed by atoms with Crippen LogP contribution in [-0.4, -0.2) is 48.6 Å². The molecule has 0 bridgehead atoms. The Balaban J connectivity index is 1.53. The molecule has 1 N–H and O–H groups in total. The van der Waals surface area contributed by atoms with Crippen LogP contribution in [0, 0.1) is 5.41 Å². The SMILES string of the molecule is CCOC(=O)C1(C(=O)N[C@@H]2CCCN(C3CCCCC3)C2)CC1. The molecule has 3 fully saturated rings. The molecule has 0 radical (unpaired) electrons. The molecule has 3 rings (SSSR count). The van der Waals surface area contributed by atoms with E-state index in [1.54, 1.807) is 6.92 Å². The van der Waals surface area contributed by atoms with E-state index in [0.717, 1.165) is 25.9 Å². The molecule has 0 aromatic heterocycles. The van der Waals surface area contributed by atoms with Crippen LogP contribution in [0.2, 0.25) is 0 Å². The highest BCUT2D eigenvalue weighted by atomic mass is 16.5. The molecule has 0 aromatic carbocycles. The third-order valence-electron chi connectivity index (χ3n) is 5.73. The number of likely N-dealkylation sites (tertiary alicyclic amines) is 1. The van der Waals surface area contributed by atoms with Gasteiger partial charge in [-0.15, -0.1) is 0 Å². The molecule has 1 aliphatic heterocycles. The maximum atomic E-state index is 12.6. The quantitative estimate of drug-likeness (QED) is 0.623. The monoisotopic (exact) mass is 322 g/mol. The molecule has 1 heterocycles. The van der Waals surface area contributed by atoms with E-state index in [4.69, 9.17) is 4.74 Å².